The molecule has 0 spiro atoms. The van der Waals surface area contributed by atoms with Gasteiger partial charge in [-0.3, -0.25) is 14.2 Å². The Morgan fingerprint density at radius 3 is 2.28 bits per heavy atom. The summed E-state index contributed by atoms with van der Waals surface area (Å²) in [4.78, 5) is 37.3. The first kappa shape index (κ1) is 31.2. The molecule has 12 heteroatoms. The fourth-order valence-electron chi connectivity index (χ4n) is 3.89. The number of nitrogens with zero attached hydrogens (tertiary/aromatic N) is 3. The Kier molecular flexibility index (Phi) is 11.3. The van der Waals surface area contributed by atoms with Crippen LogP contribution in [-0.2, 0) is 16.1 Å². The molecule has 2 amide bonds. The minimum Gasteiger partial charge on any atom is -0.494 e. The van der Waals surface area contributed by atoms with Gasteiger partial charge in [-0.2, -0.15) is 0 Å². The van der Waals surface area contributed by atoms with Gasteiger partial charge in [0.2, 0.25) is 5.91 Å². The van der Waals surface area contributed by atoms with Crippen molar-refractivity contribution in [1.82, 2.24) is 20.1 Å². The number of aromatic nitrogens is 3. The summed E-state index contributed by atoms with van der Waals surface area (Å²) < 4.78 is 26.0. The van der Waals surface area contributed by atoms with Gasteiger partial charge < -0.3 is 20.1 Å². The van der Waals surface area contributed by atoms with Crippen LogP contribution in [0.3, 0.4) is 0 Å². The largest absolute Gasteiger partial charge is 0.494 e. The van der Waals surface area contributed by atoms with Crippen LogP contribution in [0.5, 0.6) is 5.75 Å². The maximum absolute atomic E-state index is 13.7. The third-order valence-electron chi connectivity index (χ3n) is 6.09. The van der Waals surface area contributed by atoms with Crippen molar-refractivity contribution in [2.75, 3.05) is 24.3 Å². The molecular formula is C31H32FN5O5S. The molecule has 10 nitrogen and oxygen atoms in total. The van der Waals surface area contributed by atoms with Crippen molar-refractivity contribution >= 4 is 35.2 Å². The van der Waals surface area contributed by atoms with Crippen molar-refractivity contribution in [3.63, 3.8) is 0 Å². The highest BCUT2D eigenvalue weighted by Crippen LogP contribution is 2.23. The van der Waals surface area contributed by atoms with E-state index in [1.54, 1.807) is 72.2 Å². The van der Waals surface area contributed by atoms with E-state index in [4.69, 9.17) is 9.47 Å². The quantitative estimate of drug-likeness (QED) is 0.111. The standard InChI is InChI=1S/C31H32FN5O5S/c1-3-5-18-42-26-16-8-21(9-17-26)29(39)33-19-27-35-36-31(37(27)25-14-10-23(32)11-15-25)43-20-28(38)34-24-12-6-22(7-13-24)30(40)41-4-2/h6-17H,3-5,18-20H2,1-2H3,(H,33,39)(H,34,38). The molecule has 0 aliphatic rings. The number of anilines is 1. The summed E-state index contributed by atoms with van der Waals surface area (Å²) in [6.07, 6.45) is 1.99. The van der Waals surface area contributed by atoms with Gasteiger partial charge in [-0.05, 0) is 86.1 Å². The minimum atomic E-state index is -0.437. The predicted octanol–water partition coefficient (Wildman–Crippen LogP) is 5.42. The Balaban J connectivity index is 1.41. The first-order valence-electron chi connectivity index (χ1n) is 13.8. The van der Waals surface area contributed by atoms with Crippen molar-refractivity contribution < 1.29 is 28.2 Å². The highest BCUT2D eigenvalue weighted by Gasteiger charge is 2.18. The number of unbranched alkanes of at least 4 members (excludes halogenated alkanes) is 1. The molecule has 0 aliphatic carbocycles. The number of thioether (sulfide) groups is 1. The van der Waals surface area contributed by atoms with E-state index in [-0.39, 0.29) is 30.7 Å². The van der Waals surface area contributed by atoms with Crippen LogP contribution in [0.4, 0.5) is 10.1 Å². The number of carbonyl (C=O) groups excluding carboxylic acids is 3. The third kappa shape index (κ3) is 8.89. The number of nitrogens with one attached hydrogen (secondary N) is 2. The third-order valence-corrected chi connectivity index (χ3v) is 7.02. The highest BCUT2D eigenvalue weighted by atomic mass is 32.2. The Morgan fingerprint density at radius 1 is 0.907 bits per heavy atom. The van der Waals surface area contributed by atoms with Crippen molar-refractivity contribution in [3.05, 3.63) is 95.6 Å². The van der Waals surface area contributed by atoms with Gasteiger partial charge in [0.1, 0.15) is 11.6 Å². The molecule has 4 rings (SSSR count). The van der Waals surface area contributed by atoms with E-state index in [0.717, 1.165) is 24.6 Å². The number of rotatable bonds is 14. The van der Waals surface area contributed by atoms with E-state index in [1.165, 1.54) is 12.1 Å². The fourth-order valence-corrected chi connectivity index (χ4v) is 4.66. The molecule has 43 heavy (non-hydrogen) atoms. The van der Waals surface area contributed by atoms with Crippen molar-refractivity contribution in [2.45, 2.75) is 38.4 Å². The number of benzene rings is 3. The van der Waals surface area contributed by atoms with Crippen molar-refractivity contribution in [2.24, 2.45) is 0 Å². The lowest BCUT2D eigenvalue weighted by Crippen LogP contribution is -2.24. The summed E-state index contributed by atoms with van der Waals surface area (Å²) in [7, 11) is 0. The second kappa shape index (κ2) is 15.5. The molecule has 0 radical (unpaired) electrons. The van der Waals surface area contributed by atoms with Gasteiger partial charge in [0.25, 0.3) is 5.91 Å². The van der Waals surface area contributed by atoms with Gasteiger partial charge in [-0.1, -0.05) is 25.1 Å². The van der Waals surface area contributed by atoms with Crippen LogP contribution in [0.15, 0.2) is 78.0 Å². The number of hydrogen-bond acceptors (Lipinski definition) is 8. The van der Waals surface area contributed by atoms with Gasteiger partial charge in [0, 0.05) is 16.9 Å². The molecular weight excluding hydrogens is 573 g/mol. The van der Waals surface area contributed by atoms with Crippen molar-refractivity contribution in [3.8, 4) is 11.4 Å². The molecule has 0 bridgehead atoms. The molecule has 1 heterocycles. The van der Waals surface area contributed by atoms with E-state index in [1.807, 2.05) is 0 Å². The second-order valence-electron chi connectivity index (χ2n) is 9.25. The summed E-state index contributed by atoms with van der Waals surface area (Å²) in [5.74, 6) is -0.365. The van der Waals surface area contributed by atoms with Crippen molar-refractivity contribution in [1.29, 1.82) is 0 Å². The molecule has 224 valence electrons. The average Bonchev–Trinajstić information content (AvgIpc) is 3.43. The molecule has 0 fully saturated rings. The Morgan fingerprint density at radius 2 is 1.60 bits per heavy atom. The van der Waals surface area contributed by atoms with Crippen LogP contribution < -0.4 is 15.4 Å². The number of hydrogen-bond donors (Lipinski definition) is 2. The zero-order valence-electron chi connectivity index (χ0n) is 23.8. The smallest absolute Gasteiger partial charge is 0.338 e. The number of carbonyl (C=O) groups is 3. The monoisotopic (exact) mass is 605 g/mol. The number of esters is 1. The fraction of sp³-hybridized carbons (Fsp3) is 0.258. The molecule has 0 atom stereocenters. The number of halogens is 1. The average molecular weight is 606 g/mol. The predicted molar refractivity (Wildman–Crippen MR) is 161 cm³/mol. The zero-order valence-corrected chi connectivity index (χ0v) is 24.7. The Hall–Kier alpha value is -4.71. The molecule has 3 aromatic carbocycles. The molecule has 0 saturated carbocycles. The second-order valence-corrected chi connectivity index (χ2v) is 10.2. The molecule has 2 N–H and O–H groups in total. The van der Waals surface area contributed by atoms with Crippen LogP contribution in [-0.4, -0.2) is 51.5 Å². The van der Waals surface area contributed by atoms with E-state index >= 15 is 0 Å². The molecule has 0 aliphatic heterocycles. The summed E-state index contributed by atoms with van der Waals surface area (Å²) in [6.45, 7) is 4.74. The van der Waals surface area contributed by atoms with E-state index < -0.39 is 11.8 Å². The summed E-state index contributed by atoms with van der Waals surface area (Å²) in [6, 6.07) is 19.0. The van der Waals surface area contributed by atoms with Crippen LogP contribution in [0.2, 0.25) is 0 Å². The van der Waals surface area contributed by atoms with E-state index in [2.05, 4.69) is 27.8 Å². The highest BCUT2D eigenvalue weighted by molar-refractivity contribution is 7.99. The Labute approximate surface area is 253 Å². The summed E-state index contributed by atoms with van der Waals surface area (Å²) in [5, 5.41) is 14.5. The summed E-state index contributed by atoms with van der Waals surface area (Å²) in [5.41, 5.74) is 1.93. The SMILES string of the molecule is CCCCOc1ccc(C(=O)NCc2nnc(SCC(=O)Nc3ccc(C(=O)OCC)cc3)n2-c2ccc(F)cc2)cc1. The Bertz CT molecular complexity index is 1530. The lowest BCUT2D eigenvalue weighted by Gasteiger charge is -2.12. The van der Waals surface area contributed by atoms with E-state index in [9.17, 15) is 18.8 Å². The zero-order chi connectivity index (χ0) is 30.6. The number of ether oxygens (including phenoxy) is 2. The lowest BCUT2D eigenvalue weighted by molar-refractivity contribution is -0.113. The maximum atomic E-state index is 13.7. The topological polar surface area (TPSA) is 124 Å². The normalized spacial score (nSPS) is 10.7. The van der Waals surface area contributed by atoms with Gasteiger partial charge in [-0.15, -0.1) is 10.2 Å². The van der Waals surface area contributed by atoms with E-state index in [0.29, 0.717) is 45.8 Å². The van der Waals surface area contributed by atoms with Crippen LogP contribution >= 0.6 is 11.8 Å². The molecule has 4 aromatic rings. The summed E-state index contributed by atoms with van der Waals surface area (Å²) >= 11 is 1.13. The first-order valence-corrected chi connectivity index (χ1v) is 14.8. The minimum absolute atomic E-state index is 0.00199. The van der Waals surface area contributed by atoms with Crippen LogP contribution in [0, 0.1) is 5.82 Å². The van der Waals surface area contributed by atoms with Gasteiger partial charge in [0.05, 0.1) is 31.1 Å². The van der Waals surface area contributed by atoms with Crippen LogP contribution in [0.25, 0.3) is 5.69 Å². The maximum Gasteiger partial charge on any atom is 0.338 e. The number of amides is 2. The molecule has 0 unspecified atom stereocenters. The van der Waals surface area contributed by atoms with Gasteiger partial charge >= 0.3 is 5.97 Å². The van der Waals surface area contributed by atoms with Crippen LogP contribution in [0.1, 0.15) is 53.2 Å². The lowest BCUT2D eigenvalue weighted by atomic mass is 10.2. The molecule has 1 aromatic heterocycles. The first-order chi connectivity index (χ1) is 20.9. The van der Waals surface area contributed by atoms with Gasteiger partial charge in [0.15, 0.2) is 11.0 Å². The molecule has 0 saturated heterocycles. The van der Waals surface area contributed by atoms with Gasteiger partial charge in [-0.25, -0.2) is 9.18 Å².